The van der Waals surface area contributed by atoms with Crippen molar-refractivity contribution < 1.29 is 9.18 Å². The lowest BCUT2D eigenvalue weighted by atomic mass is 10.2. The number of amides is 2. The Balaban J connectivity index is 1.91. The van der Waals surface area contributed by atoms with Crippen molar-refractivity contribution in [3.63, 3.8) is 0 Å². The van der Waals surface area contributed by atoms with Crippen LogP contribution in [0, 0.1) is 5.82 Å². The van der Waals surface area contributed by atoms with Gasteiger partial charge in [-0.3, -0.25) is 0 Å². The summed E-state index contributed by atoms with van der Waals surface area (Å²) in [4.78, 5) is 13.8. The van der Waals surface area contributed by atoms with Crippen molar-refractivity contribution in [3.8, 4) is 0 Å². The molecule has 0 heterocycles. The van der Waals surface area contributed by atoms with Gasteiger partial charge < -0.3 is 15.5 Å². The summed E-state index contributed by atoms with van der Waals surface area (Å²) in [6.45, 7) is 0.275. The van der Waals surface area contributed by atoms with E-state index in [0.717, 1.165) is 5.69 Å². The number of benzene rings is 2. The van der Waals surface area contributed by atoms with Crippen LogP contribution in [0.3, 0.4) is 0 Å². The van der Waals surface area contributed by atoms with Gasteiger partial charge in [0.05, 0.1) is 0 Å². The predicted molar refractivity (Wildman–Crippen MR) is 83.0 cm³/mol. The van der Waals surface area contributed by atoms with Crippen molar-refractivity contribution in [2.24, 2.45) is 0 Å². The first-order valence-corrected chi connectivity index (χ1v) is 6.61. The molecule has 2 amide bonds. The molecule has 2 N–H and O–H groups in total. The summed E-state index contributed by atoms with van der Waals surface area (Å²) in [5.41, 5.74) is 2.42. The molecular formula is C16H18FN3O. The molecule has 5 heteroatoms. The monoisotopic (exact) mass is 287 g/mol. The van der Waals surface area contributed by atoms with Crippen LogP contribution in [0.15, 0.2) is 48.5 Å². The minimum absolute atomic E-state index is 0.275. The van der Waals surface area contributed by atoms with E-state index < -0.39 is 0 Å². The van der Waals surface area contributed by atoms with Crippen LogP contribution in [0.1, 0.15) is 5.56 Å². The number of rotatable bonds is 4. The number of hydrogen-bond acceptors (Lipinski definition) is 2. The summed E-state index contributed by atoms with van der Waals surface area (Å²) in [6, 6.07) is 13.3. The Bertz CT molecular complexity index is 628. The largest absolute Gasteiger partial charge is 0.378 e. The van der Waals surface area contributed by atoms with Crippen molar-refractivity contribution in [3.05, 3.63) is 59.9 Å². The summed E-state index contributed by atoms with van der Waals surface area (Å²) in [6.07, 6.45) is 0. The van der Waals surface area contributed by atoms with E-state index >= 15 is 0 Å². The maximum absolute atomic E-state index is 13.0. The number of urea groups is 1. The zero-order valence-corrected chi connectivity index (χ0v) is 12.1. The normalized spacial score (nSPS) is 10.0. The molecule has 0 saturated heterocycles. The van der Waals surface area contributed by atoms with Gasteiger partial charge in [0.25, 0.3) is 0 Å². The van der Waals surface area contributed by atoms with Gasteiger partial charge in [0, 0.05) is 32.0 Å². The third-order valence-corrected chi connectivity index (χ3v) is 2.96. The summed E-state index contributed by atoms with van der Waals surface area (Å²) >= 11 is 0. The molecule has 2 aromatic rings. The van der Waals surface area contributed by atoms with Gasteiger partial charge in [-0.2, -0.15) is 0 Å². The van der Waals surface area contributed by atoms with Gasteiger partial charge in [-0.25, -0.2) is 9.18 Å². The van der Waals surface area contributed by atoms with Crippen molar-refractivity contribution >= 4 is 17.4 Å². The van der Waals surface area contributed by atoms with Crippen LogP contribution in [0.4, 0.5) is 20.6 Å². The first kappa shape index (κ1) is 14.8. The zero-order chi connectivity index (χ0) is 15.2. The van der Waals surface area contributed by atoms with E-state index in [0.29, 0.717) is 11.3 Å². The van der Waals surface area contributed by atoms with Crippen LogP contribution in [0.25, 0.3) is 0 Å². The van der Waals surface area contributed by atoms with Crippen LogP contribution in [0.2, 0.25) is 0 Å². The van der Waals surface area contributed by atoms with Crippen molar-refractivity contribution in [2.75, 3.05) is 24.3 Å². The fourth-order valence-electron chi connectivity index (χ4n) is 1.87. The van der Waals surface area contributed by atoms with Gasteiger partial charge in [-0.1, -0.05) is 18.2 Å². The van der Waals surface area contributed by atoms with Crippen molar-refractivity contribution in [1.82, 2.24) is 5.32 Å². The molecule has 0 aliphatic rings. The quantitative estimate of drug-likeness (QED) is 0.907. The van der Waals surface area contributed by atoms with E-state index in [9.17, 15) is 9.18 Å². The fraction of sp³-hybridized carbons (Fsp3) is 0.188. The third kappa shape index (κ3) is 4.49. The SMILES string of the molecule is CN(C)c1cccc(NC(=O)NCc2cccc(F)c2)c1. The topological polar surface area (TPSA) is 44.4 Å². The van der Waals surface area contributed by atoms with Gasteiger partial charge in [-0.15, -0.1) is 0 Å². The molecule has 0 fully saturated rings. The highest BCUT2D eigenvalue weighted by atomic mass is 19.1. The van der Waals surface area contributed by atoms with Crippen LogP contribution in [0.5, 0.6) is 0 Å². The maximum atomic E-state index is 13.0. The standard InChI is InChI=1S/C16H18FN3O/c1-20(2)15-8-4-7-14(10-15)19-16(21)18-11-12-5-3-6-13(17)9-12/h3-10H,11H2,1-2H3,(H2,18,19,21). The Morgan fingerprint density at radius 3 is 2.62 bits per heavy atom. The van der Waals surface area contributed by atoms with Crippen LogP contribution in [-0.4, -0.2) is 20.1 Å². The molecule has 0 aromatic heterocycles. The van der Waals surface area contributed by atoms with Gasteiger partial charge >= 0.3 is 6.03 Å². The smallest absolute Gasteiger partial charge is 0.319 e. The van der Waals surface area contributed by atoms with Gasteiger partial charge in [0.1, 0.15) is 5.82 Å². The van der Waals surface area contributed by atoms with E-state index in [1.807, 2.05) is 43.3 Å². The lowest BCUT2D eigenvalue weighted by Gasteiger charge is -2.14. The Hall–Kier alpha value is -2.56. The highest BCUT2D eigenvalue weighted by Gasteiger charge is 2.03. The second-order valence-electron chi connectivity index (χ2n) is 4.88. The number of halogens is 1. The molecule has 110 valence electrons. The number of anilines is 2. The van der Waals surface area contributed by atoms with E-state index in [1.165, 1.54) is 12.1 Å². The number of nitrogens with one attached hydrogen (secondary N) is 2. The molecular weight excluding hydrogens is 269 g/mol. The molecule has 0 aliphatic heterocycles. The average molecular weight is 287 g/mol. The van der Waals surface area contributed by atoms with Gasteiger partial charge in [0.15, 0.2) is 0 Å². The zero-order valence-electron chi connectivity index (χ0n) is 12.1. The van der Waals surface area contributed by atoms with Crippen molar-refractivity contribution in [1.29, 1.82) is 0 Å². The second-order valence-corrected chi connectivity index (χ2v) is 4.88. The molecule has 0 bridgehead atoms. The maximum Gasteiger partial charge on any atom is 0.319 e. The Morgan fingerprint density at radius 1 is 1.14 bits per heavy atom. The Morgan fingerprint density at radius 2 is 1.90 bits per heavy atom. The molecule has 0 spiro atoms. The fourth-order valence-corrected chi connectivity index (χ4v) is 1.87. The van der Waals surface area contributed by atoms with Crippen LogP contribution >= 0.6 is 0 Å². The van der Waals surface area contributed by atoms with E-state index in [2.05, 4.69) is 10.6 Å². The molecule has 21 heavy (non-hydrogen) atoms. The van der Waals surface area contributed by atoms with E-state index in [1.54, 1.807) is 12.1 Å². The lowest BCUT2D eigenvalue weighted by molar-refractivity contribution is 0.251. The average Bonchev–Trinajstić information content (AvgIpc) is 2.45. The molecule has 2 aromatic carbocycles. The summed E-state index contributed by atoms with van der Waals surface area (Å²) in [7, 11) is 3.87. The molecule has 0 atom stereocenters. The number of carbonyl (C=O) groups excluding carboxylic acids is 1. The second kappa shape index (κ2) is 6.74. The third-order valence-electron chi connectivity index (χ3n) is 2.96. The lowest BCUT2D eigenvalue weighted by Crippen LogP contribution is -2.28. The molecule has 0 saturated carbocycles. The summed E-state index contributed by atoms with van der Waals surface area (Å²) < 4.78 is 13.0. The molecule has 0 unspecified atom stereocenters. The molecule has 2 rings (SSSR count). The summed E-state index contributed by atoms with van der Waals surface area (Å²) in [5, 5.41) is 5.44. The highest BCUT2D eigenvalue weighted by molar-refractivity contribution is 5.89. The number of nitrogens with zero attached hydrogens (tertiary/aromatic N) is 1. The predicted octanol–water partition coefficient (Wildman–Crippen LogP) is 3.21. The Labute approximate surface area is 123 Å². The number of hydrogen-bond donors (Lipinski definition) is 2. The molecule has 4 nitrogen and oxygen atoms in total. The Kier molecular flexibility index (Phi) is 4.77. The van der Waals surface area contributed by atoms with E-state index in [-0.39, 0.29) is 18.4 Å². The minimum atomic E-state index is -0.324. The van der Waals surface area contributed by atoms with Gasteiger partial charge in [-0.05, 0) is 35.9 Å². The van der Waals surface area contributed by atoms with Gasteiger partial charge in [0.2, 0.25) is 0 Å². The minimum Gasteiger partial charge on any atom is -0.378 e. The summed E-state index contributed by atoms with van der Waals surface area (Å²) in [5.74, 6) is -0.312. The first-order valence-electron chi connectivity index (χ1n) is 6.61. The van der Waals surface area contributed by atoms with E-state index in [4.69, 9.17) is 0 Å². The molecule has 0 radical (unpaired) electrons. The molecule has 0 aliphatic carbocycles. The number of carbonyl (C=O) groups is 1. The van der Waals surface area contributed by atoms with Crippen molar-refractivity contribution in [2.45, 2.75) is 6.54 Å². The first-order chi connectivity index (χ1) is 10.0. The van der Waals surface area contributed by atoms with Crippen LogP contribution in [-0.2, 0) is 6.54 Å². The van der Waals surface area contributed by atoms with Crippen LogP contribution < -0.4 is 15.5 Å². The highest BCUT2D eigenvalue weighted by Crippen LogP contribution is 2.17.